The Bertz CT molecular complexity index is 646. The molecule has 1 heterocycles. The molecule has 21 heavy (non-hydrogen) atoms. The number of carbonyl (C=O) groups is 2. The Labute approximate surface area is 126 Å². The van der Waals surface area contributed by atoms with E-state index in [-0.39, 0.29) is 5.15 Å². The number of amides is 1. The number of methoxy groups -OCH3 is 1. The Morgan fingerprint density at radius 3 is 2.57 bits per heavy atom. The lowest BCUT2D eigenvalue weighted by Crippen LogP contribution is -2.34. The van der Waals surface area contributed by atoms with Crippen molar-refractivity contribution in [3.63, 3.8) is 0 Å². The molecular weight excluding hydrogens is 292 g/mol. The van der Waals surface area contributed by atoms with Gasteiger partial charge in [-0.2, -0.15) is 0 Å². The van der Waals surface area contributed by atoms with Crippen molar-refractivity contribution < 1.29 is 14.3 Å². The fourth-order valence-corrected chi connectivity index (χ4v) is 1.97. The molecule has 2 rings (SSSR count). The van der Waals surface area contributed by atoms with Crippen molar-refractivity contribution in [1.82, 2.24) is 10.3 Å². The zero-order valence-corrected chi connectivity index (χ0v) is 12.0. The van der Waals surface area contributed by atoms with Gasteiger partial charge in [-0.05, 0) is 17.7 Å². The first-order valence-electron chi connectivity index (χ1n) is 6.17. The highest BCUT2D eigenvalue weighted by atomic mass is 35.5. The maximum Gasteiger partial charge on any atom is 0.333 e. The van der Waals surface area contributed by atoms with Crippen LogP contribution >= 0.6 is 11.6 Å². The van der Waals surface area contributed by atoms with Crippen LogP contribution in [0.2, 0.25) is 5.15 Å². The van der Waals surface area contributed by atoms with Crippen LogP contribution in [0.15, 0.2) is 48.7 Å². The number of halogens is 1. The van der Waals surface area contributed by atoms with Crippen molar-refractivity contribution in [2.45, 2.75) is 6.04 Å². The summed E-state index contributed by atoms with van der Waals surface area (Å²) in [6.07, 6.45) is 1.42. The number of esters is 1. The fraction of sp³-hybridized carbons (Fsp3) is 0.133. The van der Waals surface area contributed by atoms with E-state index in [2.05, 4.69) is 10.3 Å². The van der Waals surface area contributed by atoms with E-state index >= 15 is 0 Å². The summed E-state index contributed by atoms with van der Waals surface area (Å²) in [4.78, 5) is 27.9. The Morgan fingerprint density at radius 2 is 1.95 bits per heavy atom. The Hall–Kier alpha value is -2.40. The third kappa shape index (κ3) is 3.79. The van der Waals surface area contributed by atoms with Crippen LogP contribution in [0.25, 0.3) is 0 Å². The topological polar surface area (TPSA) is 68.3 Å². The van der Waals surface area contributed by atoms with Crippen molar-refractivity contribution in [2.24, 2.45) is 0 Å². The number of carbonyl (C=O) groups excluding carboxylic acids is 2. The Morgan fingerprint density at radius 1 is 1.24 bits per heavy atom. The van der Waals surface area contributed by atoms with Gasteiger partial charge in [0, 0.05) is 11.8 Å². The van der Waals surface area contributed by atoms with E-state index < -0.39 is 17.9 Å². The molecule has 0 fully saturated rings. The third-order valence-corrected chi connectivity index (χ3v) is 3.04. The Balaban J connectivity index is 2.23. The highest BCUT2D eigenvalue weighted by Crippen LogP contribution is 2.16. The summed E-state index contributed by atoms with van der Waals surface area (Å²) in [5.41, 5.74) is 0.956. The number of hydrogen-bond donors (Lipinski definition) is 1. The first-order valence-corrected chi connectivity index (χ1v) is 6.55. The monoisotopic (exact) mass is 304 g/mol. The zero-order chi connectivity index (χ0) is 15.2. The molecule has 6 heteroatoms. The summed E-state index contributed by atoms with van der Waals surface area (Å²) in [6.45, 7) is 0. The predicted molar refractivity (Wildman–Crippen MR) is 77.9 cm³/mol. The number of aromatic nitrogens is 1. The molecule has 0 saturated heterocycles. The molecule has 0 radical (unpaired) electrons. The normalized spacial score (nSPS) is 11.5. The summed E-state index contributed by atoms with van der Waals surface area (Å²) in [6, 6.07) is 10.9. The minimum absolute atomic E-state index is 0.206. The summed E-state index contributed by atoms with van der Waals surface area (Å²) < 4.78 is 4.74. The molecule has 1 unspecified atom stereocenters. The minimum Gasteiger partial charge on any atom is -0.467 e. The molecular formula is C15H13ClN2O3. The van der Waals surface area contributed by atoms with Crippen LogP contribution in [0.1, 0.15) is 22.0 Å². The second-order valence-corrected chi connectivity index (χ2v) is 4.59. The molecule has 0 aliphatic heterocycles. The van der Waals surface area contributed by atoms with E-state index in [9.17, 15) is 9.59 Å². The number of ether oxygens (including phenoxy) is 1. The van der Waals surface area contributed by atoms with Crippen molar-refractivity contribution >= 4 is 23.5 Å². The van der Waals surface area contributed by atoms with E-state index in [0.717, 1.165) is 0 Å². The zero-order valence-electron chi connectivity index (χ0n) is 11.2. The molecule has 0 saturated carbocycles. The van der Waals surface area contributed by atoms with Crippen LogP contribution < -0.4 is 5.32 Å². The highest BCUT2D eigenvalue weighted by Gasteiger charge is 2.23. The number of pyridine rings is 1. The molecule has 108 valence electrons. The largest absolute Gasteiger partial charge is 0.467 e. The van der Waals surface area contributed by atoms with Crippen molar-refractivity contribution in [2.75, 3.05) is 7.11 Å². The van der Waals surface area contributed by atoms with Crippen molar-refractivity contribution in [1.29, 1.82) is 0 Å². The van der Waals surface area contributed by atoms with E-state index in [1.54, 1.807) is 24.3 Å². The van der Waals surface area contributed by atoms with E-state index in [4.69, 9.17) is 16.3 Å². The molecule has 0 bridgehead atoms. The van der Waals surface area contributed by atoms with Crippen LogP contribution in [0.5, 0.6) is 0 Å². The third-order valence-electron chi connectivity index (χ3n) is 2.83. The second kappa shape index (κ2) is 6.85. The molecule has 1 aromatic carbocycles. The van der Waals surface area contributed by atoms with Crippen LogP contribution in [0.4, 0.5) is 0 Å². The maximum atomic E-state index is 12.2. The summed E-state index contributed by atoms with van der Waals surface area (Å²) in [5, 5.41) is 2.83. The predicted octanol–water partition coefficient (Wildman–Crippen LogP) is 2.38. The second-order valence-electron chi connectivity index (χ2n) is 4.21. The van der Waals surface area contributed by atoms with E-state index in [1.807, 2.05) is 6.07 Å². The summed E-state index contributed by atoms with van der Waals surface area (Å²) in [5.74, 6) is -0.978. The highest BCUT2D eigenvalue weighted by molar-refractivity contribution is 6.29. The van der Waals surface area contributed by atoms with Crippen LogP contribution in [-0.4, -0.2) is 24.0 Å². The number of benzene rings is 1. The van der Waals surface area contributed by atoms with Gasteiger partial charge in [0.25, 0.3) is 5.91 Å². The van der Waals surface area contributed by atoms with Crippen molar-refractivity contribution in [3.05, 3.63) is 64.9 Å². The molecule has 0 aliphatic rings. The van der Waals surface area contributed by atoms with Gasteiger partial charge >= 0.3 is 5.97 Å². The van der Waals surface area contributed by atoms with Crippen LogP contribution in [0.3, 0.4) is 0 Å². The number of nitrogens with one attached hydrogen (secondary N) is 1. The van der Waals surface area contributed by atoms with Gasteiger partial charge in [0.15, 0.2) is 6.04 Å². The van der Waals surface area contributed by atoms with Crippen molar-refractivity contribution in [3.8, 4) is 0 Å². The van der Waals surface area contributed by atoms with Crippen LogP contribution in [-0.2, 0) is 9.53 Å². The van der Waals surface area contributed by atoms with Gasteiger partial charge < -0.3 is 10.1 Å². The van der Waals surface area contributed by atoms with Gasteiger partial charge in [-0.1, -0.05) is 41.9 Å². The lowest BCUT2D eigenvalue weighted by Gasteiger charge is -2.16. The first-order chi connectivity index (χ1) is 10.1. The molecule has 0 aliphatic carbocycles. The first kappa shape index (κ1) is 15.0. The van der Waals surface area contributed by atoms with Gasteiger partial charge in [-0.25, -0.2) is 9.78 Å². The molecule has 1 aromatic heterocycles. The molecule has 5 nitrogen and oxygen atoms in total. The van der Waals surface area contributed by atoms with E-state index in [0.29, 0.717) is 11.1 Å². The maximum absolute atomic E-state index is 12.2. The van der Waals surface area contributed by atoms with Gasteiger partial charge in [-0.15, -0.1) is 0 Å². The van der Waals surface area contributed by atoms with Crippen LogP contribution in [0, 0.1) is 0 Å². The molecule has 0 spiro atoms. The number of nitrogens with zero attached hydrogens (tertiary/aromatic N) is 1. The number of hydrogen-bond acceptors (Lipinski definition) is 4. The quantitative estimate of drug-likeness (QED) is 0.695. The minimum atomic E-state index is -0.879. The standard InChI is InChI=1S/C15H13ClN2O3/c1-21-15(20)13(10-5-3-2-4-6-10)18-14(19)11-7-8-17-12(16)9-11/h2-9,13H,1H3,(H,18,19). The molecule has 1 N–H and O–H groups in total. The van der Waals surface area contributed by atoms with Gasteiger partial charge in [0.1, 0.15) is 5.15 Å². The summed E-state index contributed by atoms with van der Waals surface area (Å²) >= 11 is 5.75. The fourth-order valence-electron chi connectivity index (χ4n) is 1.80. The van der Waals surface area contributed by atoms with Gasteiger partial charge in [0.2, 0.25) is 0 Å². The number of rotatable bonds is 4. The van der Waals surface area contributed by atoms with Gasteiger partial charge in [-0.3, -0.25) is 4.79 Å². The van der Waals surface area contributed by atoms with E-state index in [1.165, 1.54) is 25.4 Å². The molecule has 1 amide bonds. The van der Waals surface area contributed by atoms with Gasteiger partial charge in [0.05, 0.1) is 7.11 Å². The summed E-state index contributed by atoms with van der Waals surface area (Å²) in [7, 11) is 1.27. The Kier molecular flexibility index (Phi) is 4.90. The molecule has 1 atom stereocenters. The smallest absolute Gasteiger partial charge is 0.333 e. The lowest BCUT2D eigenvalue weighted by atomic mass is 10.1. The average molecular weight is 305 g/mol. The SMILES string of the molecule is COC(=O)C(NC(=O)c1ccnc(Cl)c1)c1ccccc1. The lowest BCUT2D eigenvalue weighted by molar-refractivity contribution is -0.143. The average Bonchev–Trinajstić information content (AvgIpc) is 2.52. The molecule has 2 aromatic rings.